The highest BCUT2D eigenvalue weighted by Crippen LogP contribution is 2.36. The molecule has 4 nitrogen and oxygen atoms in total. The van der Waals surface area contributed by atoms with E-state index in [1.165, 1.54) is 0 Å². The van der Waals surface area contributed by atoms with Crippen LogP contribution in [0.4, 0.5) is 11.4 Å². The maximum absolute atomic E-state index is 11.4. The van der Waals surface area contributed by atoms with E-state index in [9.17, 15) is 4.79 Å². The lowest BCUT2D eigenvalue weighted by Gasteiger charge is -2.23. The molecule has 17 heavy (non-hydrogen) atoms. The first-order valence-corrected chi connectivity index (χ1v) is 6.31. The van der Waals surface area contributed by atoms with Crippen molar-refractivity contribution in [3.05, 3.63) is 22.7 Å². The maximum Gasteiger partial charge on any atom is 0.225 e. The van der Waals surface area contributed by atoms with E-state index < -0.39 is 5.41 Å². The van der Waals surface area contributed by atoms with Gasteiger partial charge in [-0.2, -0.15) is 0 Å². The fraction of sp³-hybridized carbons (Fsp3) is 0.417. The molecule has 0 spiro atoms. The fourth-order valence-corrected chi connectivity index (χ4v) is 2.56. The van der Waals surface area contributed by atoms with Crippen LogP contribution >= 0.6 is 15.9 Å². The average Bonchev–Trinajstić information content (AvgIpc) is 2.62. The lowest BCUT2D eigenvalue weighted by Crippen LogP contribution is -2.37. The molecule has 1 aliphatic rings. The first-order chi connectivity index (χ1) is 7.92. The molecule has 0 aliphatic carbocycles. The number of amides is 1. The van der Waals surface area contributed by atoms with Gasteiger partial charge in [0.1, 0.15) is 0 Å². The monoisotopic (exact) mass is 297 g/mol. The SMILES string of the molecule is CC1(C(N)=O)CCN(c2ccc(Br)cc2N)C1. The van der Waals surface area contributed by atoms with Gasteiger partial charge in [0.25, 0.3) is 0 Å². The van der Waals surface area contributed by atoms with Crippen molar-refractivity contribution in [2.45, 2.75) is 13.3 Å². The summed E-state index contributed by atoms with van der Waals surface area (Å²) in [6.45, 7) is 3.35. The van der Waals surface area contributed by atoms with Gasteiger partial charge in [0.15, 0.2) is 0 Å². The van der Waals surface area contributed by atoms with Crippen LogP contribution < -0.4 is 16.4 Å². The minimum absolute atomic E-state index is 0.240. The Labute approximate surface area is 109 Å². The Balaban J connectivity index is 2.24. The number of hydrogen-bond donors (Lipinski definition) is 2. The normalized spacial score (nSPS) is 24.0. The summed E-state index contributed by atoms with van der Waals surface area (Å²) in [4.78, 5) is 13.5. The molecule has 1 aromatic carbocycles. The van der Waals surface area contributed by atoms with Crippen LogP contribution in [-0.4, -0.2) is 19.0 Å². The standard InChI is InChI=1S/C12H16BrN3O/c1-12(11(15)17)4-5-16(7-12)10-3-2-8(13)6-9(10)14/h2-3,6H,4-5,7,14H2,1H3,(H2,15,17). The lowest BCUT2D eigenvalue weighted by atomic mass is 9.89. The number of anilines is 2. The predicted octanol–water partition coefficient (Wildman–Crippen LogP) is 1.73. The Bertz CT molecular complexity index is 463. The zero-order chi connectivity index (χ0) is 12.6. The number of nitrogens with zero attached hydrogens (tertiary/aromatic N) is 1. The first-order valence-electron chi connectivity index (χ1n) is 5.52. The summed E-state index contributed by atoms with van der Waals surface area (Å²) in [5.74, 6) is -0.240. The minimum Gasteiger partial charge on any atom is -0.397 e. The molecule has 0 saturated carbocycles. The van der Waals surface area contributed by atoms with Gasteiger partial charge in [0.05, 0.1) is 16.8 Å². The summed E-state index contributed by atoms with van der Waals surface area (Å²) in [5.41, 5.74) is 12.6. The van der Waals surface area contributed by atoms with E-state index in [1.54, 1.807) is 0 Å². The van der Waals surface area contributed by atoms with E-state index in [1.807, 2.05) is 25.1 Å². The molecule has 1 unspecified atom stereocenters. The molecular weight excluding hydrogens is 282 g/mol. The number of halogens is 1. The van der Waals surface area contributed by atoms with Crippen LogP contribution in [0, 0.1) is 5.41 Å². The van der Waals surface area contributed by atoms with Crippen molar-refractivity contribution in [2.24, 2.45) is 11.1 Å². The Morgan fingerprint density at radius 1 is 1.53 bits per heavy atom. The summed E-state index contributed by atoms with van der Waals surface area (Å²) >= 11 is 3.38. The largest absolute Gasteiger partial charge is 0.397 e. The maximum atomic E-state index is 11.4. The smallest absolute Gasteiger partial charge is 0.225 e. The van der Waals surface area contributed by atoms with Crippen LogP contribution in [0.15, 0.2) is 22.7 Å². The van der Waals surface area contributed by atoms with Crippen molar-refractivity contribution in [3.63, 3.8) is 0 Å². The van der Waals surface area contributed by atoms with Gasteiger partial charge in [-0.05, 0) is 31.5 Å². The summed E-state index contributed by atoms with van der Waals surface area (Å²) in [6, 6.07) is 5.78. The zero-order valence-electron chi connectivity index (χ0n) is 9.74. The van der Waals surface area contributed by atoms with Crippen molar-refractivity contribution in [2.75, 3.05) is 23.7 Å². The van der Waals surface area contributed by atoms with E-state index in [-0.39, 0.29) is 5.91 Å². The molecule has 1 amide bonds. The van der Waals surface area contributed by atoms with Crippen LogP contribution in [0.25, 0.3) is 0 Å². The lowest BCUT2D eigenvalue weighted by molar-refractivity contribution is -0.125. The van der Waals surface area contributed by atoms with Crippen molar-refractivity contribution in [1.29, 1.82) is 0 Å². The number of carbonyl (C=O) groups is 1. The fourth-order valence-electron chi connectivity index (χ4n) is 2.18. The first kappa shape index (κ1) is 12.2. The van der Waals surface area contributed by atoms with E-state index in [4.69, 9.17) is 11.5 Å². The quantitative estimate of drug-likeness (QED) is 0.817. The Kier molecular flexibility index (Phi) is 3.03. The molecule has 0 radical (unpaired) electrons. The second-order valence-electron chi connectivity index (χ2n) is 4.80. The average molecular weight is 298 g/mol. The molecule has 1 fully saturated rings. The van der Waals surface area contributed by atoms with Gasteiger partial charge in [0, 0.05) is 17.6 Å². The van der Waals surface area contributed by atoms with Crippen LogP contribution in [-0.2, 0) is 4.79 Å². The Hall–Kier alpha value is -1.23. The van der Waals surface area contributed by atoms with Crippen LogP contribution in [0.3, 0.4) is 0 Å². The highest BCUT2D eigenvalue weighted by Gasteiger charge is 2.39. The molecule has 1 heterocycles. The van der Waals surface area contributed by atoms with Gasteiger partial charge < -0.3 is 16.4 Å². The van der Waals surface area contributed by atoms with Gasteiger partial charge >= 0.3 is 0 Å². The summed E-state index contributed by atoms with van der Waals surface area (Å²) in [5, 5.41) is 0. The van der Waals surface area contributed by atoms with E-state index in [0.29, 0.717) is 12.2 Å². The molecule has 4 N–H and O–H groups in total. The molecule has 1 aromatic rings. The highest BCUT2D eigenvalue weighted by atomic mass is 79.9. The second kappa shape index (κ2) is 4.22. The molecule has 0 aromatic heterocycles. The third kappa shape index (κ3) is 2.24. The number of benzene rings is 1. The second-order valence-corrected chi connectivity index (χ2v) is 5.72. The summed E-state index contributed by atoms with van der Waals surface area (Å²) < 4.78 is 0.954. The Morgan fingerprint density at radius 2 is 2.24 bits per heavy atom. The molecule has 2 rings (SSSR count). The molecule has 0 bridgehead atoms. The highest BCUT2D eigenvalue weighted by molar-refractivity contribution is 9.10. The van der Waals surface area contributed by atoms with Gasteiger partial charge in [0.2, 0.25) is 5.91 Å². The number of nitrogen functional groups attached to an aromatic ring is 1. The number of rotatable bonds is 2. The zero-order valence-corrected chi connectivity index (χ0v) is 11.3. The number of carbonyl (C=O) groups excluding carboxylic acids is 1. The topological polar surface area (TPSA) is 72.4 Å². The Morgan fingerprint density at radius 3 is 2.76 bits per heavy atom. The van der Waals surface area contributed by atoms with Crippen LogP contribution in [0.5, 0.6) is 0 Å². The molecule has 1 atom stereocenters. The minimum atomic E-state index is -0.445. The number of hydrogen-bond acceptors (Lipinski definition) is 3. The third-order valence-electron chi connectivity index (χ3n) is 3.40. The van der Waals surface area contributed by atoms with Crippen molar-refractivity contribution in [1.82, 2.24) is 0 Å². The third-order valence-corrected chi connectivity index (χ3v) is 3.89. The van der Waals surface area contributed by atoms with Crippen LogP contribution in [0.1, 0.15) is 13.3 Å². The van der Waals surface area contributed by atoms with E-state index in [2.05, 4.69) is 20.8 Å². The van der Waals surface area contributed by atoms with E-state index >= 15 is 0 Å². The number of nitrogens with two attached hydrogens (primary N) is 2. The van der Waals surface area contributed by atoms with E-state index in [0.717, 1.165) is 23.1 Å². The number of primary amides is 1. The predicted molar refractivity (Wildman–Crippen MR) is 72.7 cm³/mol. The van der Waals surface area contributed by atoms with Gasteiger partial charge in [-0.3, -0.25) is 4.79 Å². The molecular formula is C12H16BrN3O. The van der Waals surface area contributed by atoms with Gasteiger partial charge in [-0.15, -0.1) is 0 Å². The van der Waals surface area contributed by atoms with Gasteiger partial charge in [-0.25, -0.2) is 0 Å². The molecule has 92 valence electrons. The van der Waals surface area contributed by atoms with Crippen molar-refractivity contribution < 1.29 is 4.79 Å². The summed E-state index contributed by atoms with van der Waals surface area (Å²) in [7, 11) is 0. The van der Waals surface area contributed by atoms with Crippen molar-refractivity contribution >= 4 is 33.2 Å². The molecule has 5 heteroatoms. The van der Waals surface area contributed by atoms with Gasteiger partial charge in [-0.1, -0.05) is 15.9 Å². The molecule has 1 aliphatic heterocycles. The summed E-state index contributed by atoms with van der Waals surface area (Å²) in [6.07, 6.45) is 0.776. The van der Waals surface area contributed by atoms with Crippen molar-refractivity contribution in [3.8, 4) is 0 Å². The molecule has 1 saturated heterocycles. The van der Waals surface area contributed by atoms with Crippen LogP contribution in [0.2, 0.25) is 0 Å².